The van der Waals surface area contributed by atoms with E-state index in [1.165, 1.54) is 16.7 Å². The zero-order valence-corrected chi connectivity index (χ0v) is 17.2. The molecule has 0 unspecified atom stereocenters. The number of nitrogens with one attached hydrogen (secondary N) is 1. The number of rotatable bonds is 6. The Morgan fingerprint density at radius 3 is 1.97 bits per heavy atom. The molecule has 0 bridgehead atoms. The van der Waals surface area contributed by atoms with Crippen LogP contribution in [0.15, 0.2) is 91.0 Å². The zero-order valence-electron chi connectivity index (χ0n) is 17.2. The highest BCUT2D eigenvalue weighted by Gasteiger charge is 2.47. The number of aliphatic hydroxyl groups is 1. The fourth-order valence-electron chi connectivity index (χ4n) is 4.99. The Morgan fingerprint density at radius 2 is 1.38 bits per heavy atom. The molecule has 0 amide bonds. The van der Waals surface area contributed by atoms with Gasteiger partial charge in [0, 0.05) is 24.4 Å². The van der Waals surface area contributed by atoms with Crippen LogP contribution in [0.25, 0.3) is 0 Å². The van der Waals surface area contributed by atoms with Crippen LogP contribution in [0.1, 0.15) is 55.0 Å². The van der Waals surface area contributed by atoms with Crippen LogP contribution >= 0.6 is 0 Å². The maximum absolute atomic E-state index is 12.1. The molecule has 0 saturated carbocycles. The van der Waals surface area contributed by atoms with E-state index >= 15 is 0 Å². The Morgan fingerprint density at radius 1 is 0.828 bits per heavy atom. The standard InChI is InChI=1S/C27H31NO/c1-2-12-24-26(23-17-10-5-11-18-23)28-25(22-15-8-4-9-16-22)20-27(24,29)19-21-13-6-3-7-14-21/h3-11,13-18,24-26,28-29H,2,12,19-20H2,1H3/t24-,25+,26-,27+/m1/s1. The third-order valence-electron chi connectivity index (χ3n) is 6.34. The average molecular weight is 386 g/mol. The Hall–Kier alpha value is -2.42. The lowest BCUT2D eigenvalue weighted by Gasteiger charge is -2.49. The molecule has 2 N–H and O–H groups in total. The van der Waals surface area contributed by atoms with Gasteiger partial charge in [-0.05, 0) is 29.5 Å². The van der Waals surface area contributed by atoms with E-state index in [0.717, 1.165) is 19.3 Å². The molecule has 4 atom stereocenters. The van der Waals surface area contributed by atoms with E-state index in [4.69, 9.17) is 0 Å². The van der Waals surface area contributed by atoms with Crippen molar-refractivity contribution in [3.8, 4) is 0 Å². The van der Waals surface area contributed by atoms with E-state index in [1.54, 1.807) is 0 Å². The van der Waals surface area contributed by atoms with Gasteiger partial charge in [0.15, 0.2) is 0 Å². The molecule has 3 aromatic rings. The number of piperidine rings is 1. The smallest absolute Gasteiger partial charge is 0.0752 e. The van der Waals surface area contributed by atoms with Crippen LogP contribution in [-0.4, -0.2) is 10.7 Å². The summed E-state index contributed by atoms with van der Waals surface area (Å²) < 4.78 is 0. The molecule has 29 heavy (non-hydrogen) atoms. The minimum atomic E-state index is -0.760. The van der Waals surface area contributed by atoms with Crippen molar-refractivity contribution in [1.82, 2.24) is 5.32 Å². The van der Waals surface area contributed by atoms with E-state index in [-0.39, 0.29) is 18.0 Å². The highest BCUT2D eigenvalue weighted by molar-refractivity contribution is 5.28. The molecule has 1 heterocycles. The van der Waals surface area contributed by atoms with Crippen molar-refractivity contribution in [1.29, 1.82) is 0 Å². The molecule has 2 nitrogen and oxygen atoms in total. The highest BCUT2D eigenvalue weighted by Crippen LogP contribution is 2.46. The van der Waals surface area contributed by atoms with Crippen molar-refractivity contribution >= 4 is 0 Å². The summed E-state index contributed by atoms with van der Waals surface area (Å²) in [5.74, 6) is 0.162. The summed E-state index contributed by atoms with van der Waals surface area (Å²) in [5.41, 5.74) is 2.95. The van der Waals surface area contributed by atoms with Gasteiger partial charge in [-0.2, -0.15) is 0 Å². The maximum atomic E-state index is 12.1. The third kappa shape index (κ3) is 4.44. The molecule has 1 aliphatic heterocycles. The van der Waals surface area contributed by atoms with Gasteiger partial charge in [0.2, 0.25) is 0 Å². The van der Waals surface area contributed by atoms with E-state index in [2.05, 4.69) is 97.2 Å². The first kappa shape index (κ1) is 19.9. The monoisotopic (exact) mass is 385 g/mol. The molecule has 3 aromatic carbocycles. The molecule has 0 aliphatic carbocycles. The van der Waals surface area contributed by atoms with Gasteiger partial charge in [0.25, 0.3) is 0 Å². The lowest BCUT2D eigenvalue weighted by atomic mass is 9.67. The average Bonchev–Trinajstić information content (AvgIpc) is 2.77. The number of hydrogen-bond donors (Lipinski definition) is 2. The largest absolute Gasteiger partial charge is 0.389 e. The highest BCUT2D eigenvalue weighted by atomic mass is 16.3. The molecule has 0 aromatic heterocycles. The predicted octanol–water partition coefficient (Wildman–Crippen LogP) is 5.85. The summed E-state index contributed by atoms with van der Waals surface area (Å²) in [4.78, 5) is 0. The molecular formula is C27H31NO. The van der Waals surface area contributed by atoms with Gasteiger partial charge in [0.1, 0.15) is 0 Å². The lowest BCUT2D eigenvalue weighted by molar-refractivity contribution is -0.0780. The summed E-state index contributed by atoms with van der Waals surface area (Å²) >= 11 is 0. The van der Waals surface area contributed by atoms with Gasteiger partial charge < -0.3 is 10.4 Å². The normalized spacial score (nSPS) is 26.9. The van der Waals surface area contributed by atoms with Crippen molar-refractivity contribution in [3.05, 3.63) is 108 Å². The second-order valence-corrected chi connectivity index (χ2v) is 8.38. The van der Waals surface area contributed by atoms with Crippen LogP contribution in [0.3, 0.4) is 0 Å². The molecule has 1 aliphatic rings. The van der Waals surface area contributed by atoms with E-state index in [0.29, 0.717) is 6.42 Å². The molecule has 150 valence electrons. The van der Waals surface area contributed by atoms with Gasteiger partial charge in [-0.25, -0.2) is 0 Å². The Labute approximate surface area is 174 Å². The molecule has 4 rings (SSSR count). The Kier molecular flexibility index (Phi) is 6.13. The van der Waals surface area contributed by atoms with Crippen molar-refractivity contribution < 1.29 is 5.11 Å². The van der Waals surface area contributed by atoms with Crippen LogP contribution in [-0.2, 0) is 6.42 Å². The van der Waals surface area contributed by atoms with Crippen molar-refractivity contribution in [2.45, 2.75) is 50.3 Å². The molecular weight excluding hydrogens is 354 g/mol. The van der Waals surface area contributed by atoms with Crippen molar-refractivity contribution in [2.24, 2.45) is 5.92 Å². The second-order valence-electron chi connectivity index (χ2n) is 8.38. The van der Waals surface area contributed by atoms with Crippen LogP contribution in [0.5, 0.6) is 0 Å². The van der Waals surface area contributed by atoms with Crippen molar-refractivity contribution in [3.63, 3.8) is 0 Å². The van der Waals surface area contributed by atoms with E-state index < -0.39 is 5.60 Å². The zero-order chi connectivity index (χ0) is 20.1. The molecule has 0 radical (unpaired) electrons. The van der Waals surface area contributed by atoms with E-state index in [1.807, 2.05) is 6.07 Å². The van der Waals surface area contributed by atoms with Gasteiger partial charge in [-0.1, -0.05) is 104 Å². The summed E-state index contributed by atoms with van der Waals surface area (Å²) in [7, 11) is 0. The lowest BCUT2D eigenvalue weighted by Crippen LogP contribution is -2.54. The third-order valence-corrected chi connectivity index (χ3v) is 6.34. The minimum Gasteiger partial charge on any atom is -0.389 e. The number of hydrogen-bond acceptors (Lipinski definition) is 2. The Balaban J connectivity index is 1.75. The van der Waals surface area contributed by atoms with Gasteiger partial charge in [0.05, 0.1) is 5.60 Å². The summed E-state index contributed by atoms with van der Waals surface area (Å²) in [5, 5.41) is 16.0. The van der Waals surface area contributed by atoms with Gasteiger partial charge in [-0.15, -0.1) is 0 Å². The summed E-state index contributed by atoms with van der Waals surface area (Å²) in [6, 6.07) is 31.9. The first-order chi connectivity index (χ1) is 14.2. The molecule has 0 spiro atoms. The first-order valence-electron chi connectivity index (χ1n) is 10.8. The van der Waals surface area contributed by atoms with Crippen LogP contribution in [0.2, 0.25) is 0 Å². The Bertz CT molecular complexity index is 880. The van der Waals surface area contributed by atoms with Gasteiger partial charge in [-0.3, -0.25) is 0 Å². The number of benzene rings is 3. The van der Waals surface area contributed by atoms with Crippen LogP contribution in [0.4, 0.5) is 0 Å². The molecule has 2 heteroatoms. The van der Waals surface area contributed by atoms with E-state index in [9.17, 15) is 5.11 Å². The fraction of sp³-hybridized carbons (Fsp3) is 0.333. The second kappa shape index (κ2) is 8.94. The predicted molar refractivity (Wildman–Crippen MR) is 120 cm³/mol. The minimum absolute atomic E-state index is 0.128. The summed E-state index contributed by atoms with van der Waals surface area (Å²) in [6.45, 7) is 2.22. The topological polar surface area (TPSA) is 32.3 Å². The van der Waals surface area contributed by atoms with Crippen LogP contribution in [0, 0.1) is 5.92 Å². The summed E-state index contributed by atoms with van der Waals surface area (Å²) in [6.07, 6.45) is 3.47. The van der Waals surface area contributed by atoms with Crippen LogP contribution < -0.4 is 5.32 Å². The quantitative estimate of drug-likeness (QED) is 0.558. The first-order valence-corrected chi connectivity index (χ1v) is 10.8. The molecule has 1 fully saturated rings. The molecule has 1 saturated heterocycles. The van der Waals surface area contributed by atoms with Gasteiger partial charge >= 0.3 is 0 Å². The SMILES string of the molecule is CCC[C@@H]1[C@@H](c2ccccc2)N[C@H](c2ccccc2)C[C@@]1(O)Cc1ccccc1. The van der Waals surface area contributed by atoms with Crippen molar-refractivity contribution in [2.75, 3.05) is 0 Å². The maximum Gasteiger partial charge on any atom is 0.0752 e. The fourth-order valence-corrected chi connectivity index (χ4v) is 4.99.